The normalized spacial score (nSPS) is 19.8. The van der Waals surface area contributed by atoms with Crippen molar-refractivity contribution in [2.75, 3.05) is 0 Å². The van der Waals surface area contributed by atoms with Crippen molar-refractivity contribution in [2.45, 2.75) is 45.3 Å². The van der Waals surface area contributed by atoms with Crippen LogP contribution in [0.2, 0.25) is 0 Å². The summed E-state index contributed by atoms with van der Waals surface area (Å²) in [5.74, 6) is -1.13. The Balaban J connectivity index is 2.55. The maximum Gasteiger partial charge on any atom is 0.115 e. The minimum atomic E-state index is -2.79. The number of hydrogen-bond donors (Lipinski definition) is 2. The highest BCUT2D eigenvalue weighted by Gasteiger charge is 2.26. The van der Waals surface area contributed by atoms with Gasteiger partial charge in [-0.1, -0.05) is 51.4 Å². The topological polar surface area (TPSA) is 40.5 Å². The Morgan fingerprint density at radius 3 is 1.91 bits per heavy atom. The van der Waals surface area contributed by atoms with Gasteiger partial charge in [0, 0.05) is 6.85 Å². The summed E-state index contributed by atoms with van der Waals surface area (Å²) in [5, 5.41) is 19.1. The zero-order valence-electron chi connectivity index (χ0n) is 18.0. The van der Waals surface area contributed by atoms with Crippen molar-refractivity contribution in [3.8, 4) is 11.5 Å². The van der Waals surface area contributed by atoms with E-state index in [1.807, 2.05) is 13.8 Å². The summed E-state index contributed by atoms with van der Waals surface area (Å²) in [4.78, 5) is 0. The molecule has 0 aliphatic carbocycles. The quantitative estimate of drug-likeness (QED) is 0.748. The molecule has 0 bridgehead atoms. The molecule has 0 saturated heterocycles. The van der Waals surface area contributed by atoms with Crippen molar-refractivity contribution in [1.82, 2.24) is 0 Å². The van der Waals surface area contributed by atoms with Gasteiger partial charge in [-0.05, 0) is 59.5 Å². The summed E-state index contributed by atoms with van der Waals surface area (Å²) in [6.07, 6.45) is -1.88. The maximum absolute atomic E-state index is 9.58. The number of benzene rings is 2. The second kappa shape index (κ2) is 7.35. The lowest BCUT2D eigenvalue weighted by Gasteiger charge is -2.31. The fourth-order valence-corrected chi connectivity index (χ4v) is 3.02. The van der Waals surface area contributed by atoms with Crippen molar-refractivity contribution < 1.29 is 17.1 Å². The monoisotopic (exact) mass is 303 g/mol. The minimum absolute atomic E-state index is 0.0478. The van der Waals surface area contributed by atoms with Crippen LogP contribution in [0.1, 0.15) is 63.3 Å². The van der Waals surface area contributed by atoms with Gasteiger partial charge in [0.1, 0.15) is 11.5 Å². The highest BCUT2D eigenvalue weighted by Crippen LogP contribution is 2.40. The van der Waals surface area contributed by atoms with Crippen molar-refractivity contribution in [1.29, 1.82) is 0 Å². The van der Waals surface area contributed by atoms with Crippen molar-refractivity contribution >= 4 is 0 Å². The van der Waals surface area contributed by atoms with Crippen LogP contribution in [0.4, 0.5) is 0 Å². The van der Waals surface area contributed by atoms with Crippen LogP contribution in [0.5, 0.6) is 11.5 Å². The van der Waals surface area contributed by atoms with Gasteiger partial charge in [0.15, 0.2) is 0 Å². The highest BCUT2D eigenvalue weighted by atomic mass is 16.3. The lowest BCUT2D eigenvalue weighted by Crippen LogP contribution is -2.18. The molecule has 0 aliphatic rings. The molecule has 0 heterocycles. The Morgan fingerprint density at radius 1 is 0.955 bits per heavy atom. The first-order chi connectivity index (χ1) is 12.5. The Hall–Kier alpha value is -1.96. The first kappa shape index (κ1) is 10.7. The van der Waals surface area contributed by atoms with Crippen LogP contribution < -0.4 is 0 Å². The Labute approximate surface area is 140 Å². The van der Waals surface area contributed by atoms with E-state index in [9.17, 15) is 10.2 Å². The molecule has 0 radical (unpaired) electrons. The molecule has 2 heteroatoms. The summed E-state index contributed by atoms with van der Waals surface area (Å²) >= 11 is 0. The van der Waals surface area contributed by atoms with Crippen LogP contribution in [-0.2, 0) is 0 Å². The summed E-state index contributed by atoms with van der Waals surface area (Å²) < 4.78 is 40.2. The number of rotatable bonds is 6. The second-order valence-electron chi connectivity index (χ2n) is 5.67. The predicted molar refractivity (Wildman–Crippen MR) is 91.4 cm³/mol. The molecular formula is C20H26O2. The van der Waals surface area contributed by atoms with Crippen LogP contribution in [-0.4, -0.2) is 10.2 Å². The Morgan fingerprint density at radius 2 is 1.45 bits per heavy atom. The van der Waals surface area contributed by atoms with Gasteiger partial charge in [0.25, 0.3) is 0 Å². The fraction of sp³-hybridized carbons (Fsp3) is 0.400. The first-order valence-electron chi connectivity index (χ1n) is 10.1. The molecule has 118 valence electrons. The second-order valence-corrected chi connectivity index (χ2v) is 5.67. The van der Waals surface area contributed by atoms with Gasteiger partial charge in [-0.25, -0.2) is 0 Å². The molecule has 0 spiro atoms. The van der Waals surface area contributed by atoms with Gasteiger partial charge in [-0.2, -0.15) is 0 Å². The van der Waals surface area contributed by atoms with Crippen LogP contribution in [0.3, 0.4) is 0 Å². The average Bonchev–Trinajstić information content (AvgIpc) is 2.59. The number of aromatic hydroxyl groups is 2. The molecular weight excluding hydrogens is 272 g/mol. The molecule has 3 atom stereocenters. The predicted octanol–water partition coefficient (Wildman–Crippen LogP) is 5.42. The van der Waals surface area contributed by atoms with Gasteiger partial charge in [0.2, 0.25) is 0 Å². The molecule has 2 aromatic carbocycles. The van der Waals surface area contributed by atoms with Gasteiger partial charge in [0.05, 0.1) is 0 Å². The molecule has 22 heavy (non-hydrogen) atoms. The molecule has 2 nitrogen and oxygen atoms in total. The van der Waals surface area contributed by atoms with Gasteiger partial charge in [-0.15, -0.1) is 0 Å². The lowest BCUT2D eigenvalue weighted by molar-refractivity contribution is 0.345. The third-order valence-electron chi connectivity index (χ3n) is 4.37. The van der Waals surface area contributed by atoms with Crippen LogP contribution >= 0.6 is 0 Å². The van der Waals surface area contributed by atoms with E-state index in [2.05, 4.69) is 0 Å². The smallest absolute Gasteiger partial charge is 0.115 e. The third kappa shape index (κ3) is 3.62. The Bertz CT molecular complexity index is 738. The highest BCUT2D eigenvalue weighted by molar-refractivity contribution is 5.31. The number of phenols is 2. The largest absolute Gasteiger partial charge is 0.508 e. The lowest BCUT2D eigenvalue weighted by atomic mass is 9.73. The van der Waals surface area contributed by atoms with E-state index < -0.39 is 19.1 Å². The van der Waals surface area contributed by atoms with E-state index in [-0.39, 0.29) is 23.3 Å². The van der Waals surface area contributed by atoms with E-state index in [4.69, 9.17) is 6.85 Å². The molecule has 0 saturated carbocycles. The summed E-state index contributed by atoms with van der Waals surface area (Å²) in [5.41, 5.74) is 1.45. The van der Waals surface area contributed by atoms with Crippen molar-refractivity contribution in [3.05, 3.63) is 59.7 Å². The van der Waals surface area contributed by atoms with Gasteiger partial charge < -0.3 is 10.2 Å². The molecule has 0 fully saturated rings. The van der Waals surface area contributed by atoms with Crippen molar-refractivity contribution in [2.24, 2.45) is 5.92 Å². The maximum atomic E-state index is 9.58. The van der Waals surface area contributed by atoms with Gasteiger partial charge in [-0.3, -0.25) is 0 Å². The van der Waals surface area contributed by atoms with Crippen LogP contribution in [0.15, 0.2) is 48.5 Å². The number of hydrogen-bond acceptors (Lipinski definition) is 2. The standard InChI is InChI=1S/C20H26O2/c1-4-19(14(3)15-6-10-17(21)11-7-15)20(5-2)16-8-12-18(22)13-9-16/h6-14,19-22H,4-5H2,1-3H3/i2D3,5D2. The molecule has 0 amide bonds. The van der Waals surface area contributed by atoms with Gasteiger partial charge >= 0.3 is 0 Å². The third-order valence-corrected chi connectivity index (χ3v) is 4.37. The van der Waals surface area contributed by atoms with Crippen LogP contribution in [0.25, 0.3) is 0 Å². The summed E-state index contributed by atoms with van der Waals surface area (Å²) in [6, 6.07) is 12.8. The first-order valence-corrected chi connectivity index (χ1v) is 7.57. The molecule has 0 aliphatic heterocycles. The van der Waals surface area contributed by atoms with Crippen LogP contribution in [0, 0.1) is 5.92 Å². The van der Waals surface area contributed by atoms with E-state index in [0.29, 0.717) is 12.0 Å². The summed E-state index contributed by atoms with van der Waals surface area (Å²) in [6.45, 7) is 1.08. The fourth-order valence-electron chi connectivity index (χ4n) is 3.02. The van der Waals surface area contributed by atoms with Crippen molar-refractivity contribution in [3.63, 3.8) is 0 Å². The average molecular weight is 303 g/mol. The van der Waals surface area contributed by atoms with E-state index >= 15 is 0 Å². The van der Waals surface area contributed by atoms with E-state index in [0.717, 1.165) is 5.56 Å². The Kier molecular flexibility index (Phi) is 3.58. The zero-order valence-corrected chi connectivity index (χ0v) is 13.0. The summed E-state index contributed by atoms with van der Waals surface area (Å²) in [7, 11) is 0. The van der Waals surface area contributed by atoms with E-state index in [1.54, 1.807) is 36.4 Å². The molecule has 2 rings (SSSR count). The molecule has 2 N–H and O–H groups in total. The number of phenolic OH excluding ortho intramolecular Hbond substituents is 2. The molecule has 0 aromatic heterocycles. The SMILES string of the molecule is [2H]C([2H])([2H])C([2H])([2H])C(c1ccc(O)cc1)C(CC)C(C)c1ccc(O)cc1. The zero-order chi connectivity index (χ0) is 20.4. The minimum Gasteiger partial charge on any atom is -0.508 e. The molecule has 2 aromatic rings. The molecule has 3 unspecified atom stereocenters. The van der Waals surface area contributed by atoms with E-state index in [1.165, 1.54) is 12.1 Å².